The first-order chi connectivity index (χ1) is 12.4. The predicted molar refractivity (Wildman–Crippen MR) is 95.8 cm³/mol. The van der Waals surface area contributed by atoms with Gasteiger partial charge in [-0.3, -0.25) is 4.79 Å². The Kier molecular flexibility index (Phi) is 5.01. The summed E-state index contributed by atoms with van der Waals surface area (Å²) in [6.45, 7) is 4.33. The number of aromatic nitrogens is 2. The van der Waals surface area contributed by atoms with Crippen LogP contribution in [0, 0.1) is 5.92 Å². The number of hydrogen-bond acceptors (Lipinski definition) is 6. The normalized spacial score (nSPS) is 11.1. The standard InChI is InChI=1S/C18H20N4O4/c1-11(2)8-16-20-17(26-21-16)10-22(3)18(24)19-12-4-5-15-13(9-12)14(23)6-7-25-15/h4-7,9,11H,8,10H2,1-3H3,(H,19,24). The van der Waals surface area contributed by atoms with Crippen LogP contribution < -0.4 is 10.7 Å². The van der Waals surface area contributed by atoms with Crippen molar-refractivity contribution < 1.29 is 13.7 Å². The molecule has 0 aliphatic rings. The number of nitrogens with one attached hydrogen (secondary N) is 1. The molecule has 2 heterocycles. The Morgan fingerprint density at radius 1 is 1.31 bits per heavy atom. The second-order valence-corrected chi connectivity index (χ2v) is 6.48. The summed E-state index contributed by atoms with van der Waals surface area (Å²) >= 11 is 0. The smallest absolute Gasteiger partial charge is 0.322 e. The second-order valence-electron chi connectivity index (χ2n) is 6.48. The average molecular weight is 356 g/mol. The Labute approximate surface area is 149 Å². The van der Waals surface area contributed by atoms with Crippen LogP contribution in [0.25, 0.3) is 11.0 Å². The SMILES string of the molecule is CC(C)Cc1noc(CN(C)C(=O)Nc2ccc3occc(=O)c3c2)n1. The monoisotopic (exact) mass is 356 g/mol. The summed E-state index contributed by atoms with van der Waals surface area (Å²) in [4.78, 5) is 29.9. The molecule has 3 rings (SSSR count). The molecular weight excluding hydrogens is 336 g/mol. The van der Waals surface area contributed by atoms with Gasteiger partial charge in [0.15, 0.2) is 11.3 Å². The largest absolute Gasteiger partial charge is 0.464 e. The summed E-state index contributed by atoms with van der Waals surface area (Å²) < 4.78 is 10.4. The van der Waals surface area contributed by atoms with E-state index in [1.54, 1.807) is 25.2 Å². The lowest BCUT2D eigenvalue weighted by molar-refractivity contribution is 0.213. The van der Waals surface area contributed by atoms with Gasteiger partial charge in [0.25, 0.3) is 0 Å². The molecule has 8 nitrogen and oxygen atoms in total. The molecule has 1 N–H and O–H groups in total. The number of carbonyl (C=O) groups is 1. The topological polar surface area (TPSA) is 101 Å². The Morgan fingerprint density at radius 2 is 2.12 bits per heavy atom. The van der Waals surface area contributed by atoms with Gasteiger partial charge >= 0.3 is 6.03 Å². The van der Waals surface area contributed by atoms with Crippen molar-refractivity contribution in [3.63, 3.8) is 0 Å². The zero-order valence-electron chi connectivity index (χ0n) is 14.9. The van der Waals surface area contributed by atoms with E-state index >= 15 is 0 Å². The molecule has 0 fully saturated rings. The first-order valence-electron chi connectivity index (χ1n) is 8.27. The highest BCUT2D eigenvalue weighted by molar-refractivity contribution is 5.92. The highest BCUT2D eigenvalue weighted by Gasteiger charge is 2.15. The molecule has 3 aromatic rings. The van der Waals surface area contributed by atoms with E-state index in [0.29, 0.717) is 34.3 Å². The molecule has 0 unspecified atom stereocenters. The Bertz CT molecular complexity index is 976. The minimum absolute atomic E-state index is 0.167. The number of urea groups is 1. The molecule has 1 aromatic carbocycles. The van der Waals surface area contributed by atoms with E-state index in [1.807, 2.05) is 0 Å². The number of benzene rings is 1. The fraction of sp³-hybridized carbons (Fsp3) is 0.333. The molecule has 0 atom stereocenters. The van der Waals surface area contributed by atoms with Gasteiger partial charge in [0, 0.05) is 25.2 Å². The van der Waals surface area contributed by atoms with Crippen molar-refractivity contribution in [3.8, 4) is 0 Å². The quantitative estimate of drug-likeness (QED) is 0.754. The van der Waals surface area contributed by atoms with Crippen molar-refractivity contribution in [2.75, 3.05) is 12.4 Å². The van der Waals surface area contributed by atoms with Gasteiger partial charge in [-0.1, -0.05) is 19.0 Å². The summed E-state index contributed by atoms with van der Waals surface area (Å²) in [6.07, 6.45) is 2.06. The van der Waals surface area contributed by atoms with Crippen molar-refractivity contribution >= 4 is 22.7 Å². The van der Waals surface area contributed by atoms with E-state index in [2.05, 4.69) is 29.3 Å². The summed E-state index contributed by atoms with van der Waals surface area (Å²) in [7, 11) is 1.62. The molecule has 26 heavy (non-hydrogen) atoms. The highest BCUT2D eigenvalue weighted by atomic mass is 16.5. The van der Waals surface area contributed by atoms with Gasteiger partial charge in [0.05, 0.1) is 11.6 Å². The van der Waals surface area contributed by atoms with E-state index in [9.17, 15) is 9.59 Å². The molecule has 0 aliphatic carbocycles. The zero-order valence-corrected chi connectivity index (χ0v) is 14.9. The van der Waals surface area contributed by atoms with Crippen LogP contribution in [0.3, 0.4) is 0 Å². The third-order valence-electron chi connectivity index (χ3n) is 3.73. The third kappa shape index (κ3) is 4.08. The molecule has 0 radical (unpaired) electrons. The van der Waals surface area contributed by atoms with Crippen LogP contribution in [0.15, 0.2) is 44.3 Å². The maximum absolute atomic E-state index is 12.3. The zero-order chi connectivity index (χ0) is 18.7. The maximum atomic E-state index is 12.3. The Morgan fingerprint density at radius 3 is 2.88 bits per heavy atom. The molecule has 2 amide bonds. The molecule has 0 saturated carbocycles. The van der Waals surface area contributed by atoms with Crippen LogP contribution in [0.1, 0.15) is 25.6 Å². The maximum Gasteiger partial charge on any atom is 0.322 e. The molecule has 0 spiro atoms. The van der Waals surface area contributed by atoms with Crippen molar-refractivity contribution in [1.82, 2.24) is 15.0 Å². The van der Waals surface area contributed by atoms with Crippen molar-refractivity contribution in [1.29, 1.82) is 0 Å². The van der Waals surface area contributed by atoms with Crippen molar-refractivity contribution in [2.45, 2.75) is 26.8 Å². The Balaban J connectivity index is 1.66. The number of nitrogens with zero attached hydrogens (tertiary/aromatic N) is 3. The van der Waals surface area contributed by atoms with Gasteiger partial charge in [-0.2, -0.15) is 4.98 Å². The Hall–Kier alpha value is -3.16. The molecule has 0 bridgehead atoms. The van der Waals surface area contributed by atoms with Gasteiger partial charge in [0.1, 0.15) is 12.1 Å². The van der Waals surface area contributed by atoms with Crippen molar-refractivity contribution in [2.24, 2.45) is 5.92 Å². The number of fused-ring (bicyclic) bond motifs is 1. The van der Waals surface area contributed by atoms with Gasteiger partial charge in [-0.25, -0.2) is 4.79 Å². The first kappa shape index (κ1) is 17.7. The number of carbonyl (C=O) groups excluding carboxylic acids is 1. The summed E-state index contributed by atoms with van der Waals surface area (Å²) in [5.74, 6) is 1.43. The number of hydrogen-bond donors (Lipinski definition) is 1. The molecule has 136 valence electrons. The minimum Gasteiger partial charge on any atom is -0.464 e. The highest BCUT2D eigenvalue weighted by Crippen LogP contribution is 2.16. The van der Waals surface area contributed by atoms with Crippen LogP contribution in [-0.4, -0.2) is 28.1 Å². The molecule has 2 aromatic heterocycles. The fourth-order valence-corrected chi connectivity index (χ4v) is 2.46. The van der Waals surface area contributed by atoms with Gasteiger partial charge < -0.3 is 19.2 Å². The summed E-state index contributed by atoms with van der Waals surface area (Å²) in [6, 6.07) is 5.88. The molecule has 0 saturated heterocycles. The number of rotatable bonds is 5. The molecular formula is C18H20N4O4. The average Bonchev–Trinajstić information content (AvgIpc) is 3.01. The van der Waals surface area contributed by atoms with Gasteiger partial charge in [-0.15, -0.1) is 0 Å². The minimum atomic E-state index is -0.353. The molecule has 8 heteroatoms. The third-order valence-corrected chi connectivity index (χ3v) is 3.73. The molecule has 0 aliphatic heterocycles. The van der Waals surface area contributed by atoms with E-state index in [-0.39, 0.29) is 18.0 Å². The predicted octanol–water partition coefficient (Wildman–Crippen LogP) is 3.04. The van der Waals surface area contributed by atoms with Crippen LogP contribution >= 0.6 is 0 Å². The van der Waals surface area contributed by atoms with Gasteiger partial charge in [-0.05, 0) is 24.1 Å². The van der Waals surface area contributed by atoms with E-state index in [0.717, 1.165) is 6.42 Å². The summed E-state index contributed by atoms with van der Waals surface area (Å²) in [5, 5.41) is 7.05. The fourth-order valence-electron chi connectivity index (χ4n) is 2.46. The number of amides is 2. The lowest BCUT2D eigenvalue weighted by Gasteiger charge is -2.15. The van der Waals surface area contributed by atoms with Crippen molar-refractivity contribution in [3.05, 3.63) is 52.5 Å². The number of anilines is 1. The lowest BCUT2D eigenvalue weighted by atomic mass is 10.1. The van der Waals surface area contributed by atoms with Crippen LogP contribution in [-0.2, 0) is 13.0 Å². The van der Waals surface area contributed by atoms with E-state index < -0.39 is 0 Å². The van der Waals surface area contributed by atoms with Crippen LogP contribution in [0.2, 0.25) is 0 Å². The summed E-state index contributed by atoms with van der Waals surface area (Å²) in [5.41, 5.74) is 0.797. The van der Waals surface area contributed by atoms with Crippen LogP contribution in [0.5, 0.6) is 0 Å². The van der Waals surface area contributed by atoms with E-state index in [4.69, 9.17) is 8.94 Å². The first-order valence-corrected chi connectivity index (χ1v) is 8.27. The van der Waals surface area contributed by atoms with Gasteiger partial charge in [0.2, 0.25) is 5.89 Å². The lowest BCUT2D eigenvalue weighted by Crippen LogP contribution is -2.31. The van der Waals surface area contributed by atoms with E-state index in [1.165, 1.54) is 17.2 Å². The van der Waals surface area contributed by atoms with Crippen LogP contribution in [0.4, 0.5) is 10.5 Å². The second kappa shape index (κ2) is 7.38.